The number of aromatic nitrogens is 6. The van der Waals surface area contributed by atoms with Gasteiger partial charge in [-0.3, -0.25) is 29.4 Å². The molecule has 6 aromatic rings. The van der Waals surface area contributed by atoms with Crippen molar-refractivity contribution >= 4 is 11.8 Å². The molecule has 0 unspecified atom stereocenters. The van der Waals surface area contributed by atoms with E-state index in [9.17, 15) is 9.59 Å². The van der Waals surface area contributed by atoms with Gasteiger partial charge < -0.3 is 20.2 Å². The molecule has 1 saturated heterocycles. The van der Waals surface area contributed by atoms with Gasteiger partial charge in [0.25, 0.3) is 0 Å². The number of nitrogens with zero attached hydrogens (tertiary/aromatic N) is 7. The van der Waals surface area contributed by atoms with Crippen molar-refractivity contribution in [2.24, 2.45) is 0 Å². The Bertz CT molecular complexity index is 2160. The maximum atomic E-state index is 13.9. The average Bonchev–Trinajstić information content (AvgIpc) is 3.98. The maximum absolute atomic E-state index is 13.9. The third-order valence-corrected chi connectivity index (χ3v) is 9.98. The number of benzene rings is 3. The molecule has 54 heavy (non-hydrogen) atoms. The van der Waals surface area contributed by atoms with E-state index in [2.05, 4.69) is 30.2 Å². The van der Waals surface area contributed by atoms with Crippen molar-refractivity contribution in [1.82, 2.24) is 49.9 Å². The van der Waals surface area contributed by atoms with Crippen LogP contribution in [-0.2, 0) is 9.59 Å². The minimum Gasteiger partial charge on any atom is -0.345 e. The molecule has 3 aromatic heterocycles. The van der Waals surface area contributed by atoms with Crippen LogP contribution in [0, 0.1) is 0 Å². The van der Waals surface area contributed by atoms with Crippen LogP contribution in [0.5, 0.6) is 0 Å². The second-order valence-electron chi connectivity index (χ2n) is 14.2. The highest BCUT2D eigenvalue weighted by molar-refractivity contribution is 5.84. The van der Waals surface area contributed by atoms with Gasteiger partial charge in [0.1, 0.15) is 29.4 Å². The van der Waals surface area contributed by atoms with Gasteiger partial charge in [0.15, 0.2) is 0 Å². The fourth-order valence-corrected chi connectivity index (χ4v) is 7.23. The largest absolute Gasteiger partial charge is 0.345 e. The summed E-state index contributed by atoms with van der Waals surface area (Å²) in [6.45, 7) is 2.61. The standard InChI is InChI=1S/C42H46N10O2/c1-27(47-41(53)37(50(2)3)30-13-8-6-9-14-30)39-45-26-35(49-39)34-25-43-32(23-44-34)28-18-20-29(21-19-28)33-24-46-40(48-33)36-17-12-22-52(36)42(54)38(51(4)5)31-15-10-7-11-16-31/h6-11,13-16,18-21,23-27,36-38H,12,17,22H2,1-5H3,(H,45,49)(H,46,48)(H,47,53)/t27-,36+,37+,38+/m0/s1. The monoisotopic (exact) mass is 722 g/mol. The minimum absolute atomic E-state index is 0.0898. The Kier molecular flexibility index (Phi) is 10.7. The zero-order valence-corrected chi connectivity index (χ0v) is 31.3. The van der Waals surface area contributed by atoms with E-state index in [1.54, 1.807) is 18.6 Å². The minimum atomic E-state index is -0.422. The van der Waals surface area contributed by atoms with Crippen LogP contribution in [0.4, 0.5) is 0 Å². The molecule has 3 aromatic carbocycles. The van der Waals surface area contributed by atoms with Crippen molar-refractivity contribution in [3.8, 4) is 33.9 Å². The molecule has 0 aliphatic carbocycles. The number of amides is 2. The summed E-state index contributed by atoms with van der Waals surface area (Å²) >= 11 is 0. The number of carbonyl (C=O) groups is 2. The molecule has 12 heteroatoms. The highest BCUT2D eigenvalue weighted by Crippen LogP contribution is 2.35. The van der Waals surface area contributed by atoms with Crippen LogP contribution in [-0.4, -0.2) is 91.2 Å². The van der Waals surface area contributed by atoms with E-state index in [0.717, 1.165) is 52.3 Å². The van der Waals surface area contributed by atoms with Gasteiger partial charge in [0, 0.05) is 12.1 Å². The van der Waals surface area contributed by atoms with Crippen LogP contribution >= 0.6 is 0 Å². The zero-order chi connectivity index (χ0) is 37.8. The van der Waals surface area contributed by atoms with Crippen LogP contribution in [0.2, 0.25) is 0 Å². The van der Waals surface area contributed by atoms with Crippen LogP contribution in [0.15, 0.2) is 110 Å². The fourth-order valence-electron chi connectivity index (χ4n) is 7.23. The van der Waals surface area contributed by atoms with Crippen molar-refractivity contribution < 1.29 is 9.59 Å². The van der Waals surface area contributed by atoms with Crippen molar-refractivity contribution in [3.63, 3.8) is 0 Å². The molecule has 4 atom stereocenters. The predicted molar refractivity (Wildman–Crippen MR) is 209 cm³/mol. The molecule has 0 spiro atoms. The summed E-state index contributed by atoms with van der Waals surface area (Å²) in [6.07, 6.45) is 8.81. The summed E-state index contributed by atoms with van der Waals surface area (Å²) in [5, 5.41) is 3.09. The Morgan fingerprint density at radius 3 is 1.93 bits per heavy atom. The molecule has 3 N–H and O–H groups in total. The Balaban J connectivity index is 0.992. The Morgan fingerprint density at radius 2 is 1.30 bits per heavy atom. The Labute approximate surface area is 315 Å². The van der Waals surface area contributed by atoms with Crippen LogP contribution < -0.4 is 5.32 Å². The van der Waals surface area contributed by atoms with Crippen molar-refractivity contribution in [2.75, 3.05) is 34.7 Å². The van der Waals surface area contributed by atoms with E-state index in [0.29, 0.717) is 23.8 Å². The highest BCUT2D eigenvalue weighted by atomic mass is 16.2. The summed E-state index contributed by atoms with van der Waals surface area (Å²) in [6, 6.07) is 26.5. The van der Waals surface area contributed by atoms with E-state index in [4.69, 9.17) is 4.98 Å². The molecule has 2 amide bonds. The molecular formula is C42H46N10O2. The summed E-state index contributed by atoms with van der Waals surface area (Å²) in [5.74, 6) is 1.41. The topological polar surface area (TPSA) is 139 Å². The van der Waals surface area contributed by atoms with Crippen molar-refractivity contribution in [2.45, 2.75) is 43.9 Å². The van der Waals surface area contributed by atoms with Crippen molar-refractivity contribution in [1.29, 1.82) is 0 Å². The first-order valence-corrected chi connectivity index (χ1v) is 18.2. The quantitative estimate of drug-likeness (QED) is 0.133. The SMILES string of the molecule is C[C@H](NC(=O)[C@@H](c1ccccc1)N(C)C)c1ncc(-c2cnc(-c3ccc(-c4cnc([C@H]5CCCN5C(=O)[C@@H](c5ccccc5)N(C)C)[nH]4)cc3)cn2)[nH]1. The van der Waals surface area contributed by atoms with E-state index in [1.165, 1.54) is 0 Å². The highest BCUT2D eigenvalue weighted by Gasteiger charge is 2.37. The number of H-pyrrole nitrogens is 2. The van der Waals surface area contributed by atoms with Gasteiger partial charge in [-0.05, 0) is 64.6 Å². The summed E-state index contributed by atoms with van der Waals surface area (Å²) in [7, 11) is 7.68. The van der Waals surface area contributed by atoms with Gasteiger partial charge in [-0.2, -0.15) is 0 Å². The van der Waals surface area contributed by atoms with E-state index in [-0.39, 0.29) is 29.9 Å². The van der Waals surface area contributed by atoms with Crippen LogP contribution in [0.25, 0.3) is 33.9 Å². The third-order valence-electron chi connectivity index (χ3n) is 9.98. The lowest BCUT2D eigenvalue weighted by Crippen LogP contribution is -2.40. The van der Waals surface area contributed by atoms with Gasteiger partial charge in [-0.1, -0.05) is 84.9 Å². The Morgan fingerprint density at radius 1 is 0.704 bits per heavy atom. The lowest BCUT2D eigenvalue weighted by molar-refractivity contribution is -0.137. The van der Waals surface area contributed by atoms with Crippen LogP contribution in [0.1, 0.15) is 66.7 Å². The number of rotatable bonds is 12. The molecule has 4 heterocycles. The number of likely N-dealkylation sites (N-methyl/N-ethyl adjacent to an activating group) is 2. The normalized spacial score (nSPS) is 16.1. The second kappa shape index (κ2) is 15.9. The fraction of sp³-hybridized carbons (Fsp3) is 0.286. The lowest BCUT2D eigenvalue weighted by Gasteiger charge is -2.31. The van der Waals surface area contributed by atoms with Gasteiger partial charge in [0.05, 0.1) is 54.0 Å². The molecule has 7 rings (SSSR count). The number of likely N-dealkylation sites (tertiary alicyclic amines) is 1. The summed E-state index contributed by atoms with van der Waals surface area (Å²) < 4.78 is 0. The lowest BCUT2D eigenvalue weighted by atomic mass is 10.0. The van der Waals surface area contributed by atoms with Crippen LogP contribution in [0.3, 0.4) is 0 Å². The van der Waals surface area contributed by atoms with Crippen molar-refractivity contribution in [3.05, 3.63) is 132 Å². The molecule has 0 radical (unpaired) electrons. The molecular weight excluding hydrogens is 677 g/mol. The first-order valence-electron chi connectivity index (χ1n) is 18.2. The number of carbonyl (C=O) groups excluding carboxylic acids is 2. The van der Waals surface area contributed by atoms with Gasteiger partial charge in [0.2, 0.25) is 11.8 Å². The molecule has 0 bridgehead atoms. The summed E-state index contributed by atoms with van der Waals surface area (Å²) in [5.41, 5.74) is 6.81. The van der Waals surface area contributed by atoms with Gasteiger partial charge in [-0.15, -0.1) is 0 Å². The number of aromatic amines is 2. The average molecular weight is 723 g/mol. The number of imidazole rings is 2. The Hall–Kier alpha value is -5.98. The van der Waals surface area contributed by atoms with E-state index >= 15 is 0 Å². The number of hydrogen-bond acceptors (Lipinski definition) is 8. The number of hydrogen-bond donors (Lipinski definition) is 3. The second-order valence-corrected chi connectivity index (χ2v) is 14.2. The smallest absolute Gasteiger partial charge is 0.245 e. The molecule has 276 valence electrons. The molecule has 0 saturated carbocycles. The molecule has 12 nitrogen and oxygen atoms in total. The molecule has 1 fully saturated rings. The van der Waals surface area contributed by atoms with E-state index < -0.39 is 6.04 Å². The van der Waals surface area contributed by atoms with Gasteiger partial charge >= 0.3 is 0 Å². The predicted octanol–water partition coefficient (Wildman–Crippen LogP) is 6.37. The summed E-state index contributed by atoms with van der Waals surface area (Å²) in [4.78, 5) is 58.4. The maximum Gasteiger partial charge on any atom is 0.245 e. The number of nitrogens with one attached hydrogen (secondary N) is 3. The molecule has 1 aliphatic rings. The zero-order valence-electron chi connectivity index (χ0n) is 31.3. The first-order chi connectivity index (χ1) is 26.2. The van der Waals surface area contributed by atoms with Gasteiger partial charge in [-0.25, -0.2) is 9.97 Å². The molecule has 1 aliphatic heterocycles. The van der Waals surface area contributed by atoms with E-state index in [1.807, 2.05) is 141 Å². The first kappa shape index (κ1) is 36.4. The third kappa shape index (κ3) is 7.71.